The van der Waals surface area contributed by atoms with Crippen LogP contribution < -0.4 is 15.8 Å². The number of pyridine rings is 1. The van der Waals surface area contributed by atoms with Crippen molar-refractivity contribution in [1.29, 1.82) is 0 Å². The third-order valence-corrected chi connectivity index (χ3v) is 5.48. The quantitative estimate of drug-likeness (QED) is 0.626. The summed E-state index contributed by atoms with van der Waals surface area (Å²) in [7, 11) is 0. The Labute approximate surface area is 165 Å². The van der Waals surface area contributed by atoms with E-state index in [1.807, 2.05) is 38.1 Å². The van der Waals surface area contributed by atoms with Crippen LogP contribution in [-0.4, -0.2) is 60.9 Å². The first-order chi connectivity index (χ1) is 13.1. The van der Waals surface area contributed by atoms with Crippen LogP contribution in [0.4, 0.5) is 0 Å². The van der Waals surface area contributed by atoms with Crippen molar-refractivity contribution in [2.24, 2.45) is 0 Å². The molecule has 1 fully saturated rings. The van der Waals surface area contributed by atoms with Crippen LogP contribution in [0.15, 0.2) is 29.1 Å². The lowest BCUT2D eigenvalue weighted by Crippen LogP contribution is -3.14. The minimum absolute atomic E-state index is 0.0418. The van der Waals surface area contributed by atoms with Crippen LogP contribution in [0.1, 0.15) is 18.1 Å². The van der Waals surface area contributed by atoms with Crippen molar-refractivity contribution in [3.8, 4) is 0 Å². The van der Waals surface area contributed by atoms with Crippen molar-refractivity contribution in [3.05, 3.63) is 45.7 Å². The van der Waals surface area contributed by atoms with Gasteiger partial charge >= 0.3 is 0 Å². The molecule has 1 saturated heterocycles. The van der Waals surface area contributed by atoms with Gasteiger partial charge in [-0.1, -0.05) is 18.2 Å². The van der Waals surface area contributed by atoms with Gasteiger partial charge in [0.05, 0.1) is 38.4 Å². The monoisotopic (exact) mass is 389 g/mol. The number of aromatic amines is 1. The maximum atomic E-state index is 12.6. The van der Waals surface area contributed by atoms with E-state index in [0.29, 0.717) is 11.7 Å². The van der Waals surface area contributed by atoms with Gasteiger partial charge in [0.2, 0.25) is 0 Å². The third-order valence-electron chi connectivity index (χ3n) is 5.08. The number of rotatable bonds is 6. The normalized spacial score (nSPS) is 15.0. The molecule has 0 spiro atoms. The van der Waals surface area contributed by atoms with E-state index in [9.17, 15) is 4.79 Å². The Hall–Kier alpha value is -1.96. The number of para-hydroxylation sites is 1. The lowest BCUT2D eigenvalue weighted by molar-refractivity contribution is -0.907. The number of aromatic nitrogens is 1. The van der Waals surface area contributed by atoms with Gasteiger partial charge in [0.25, 0.3) is 5.56 Å². The van der Waals surface area contributed by atoms with Gasteiger partial charge in [0.1, 0.15) is 13.1 Å². The van der Waals surface area contributed by atoms with E-state index in [4.69, 9.17) is 17.0 Å². The number of aryl methyl sites for hydroxylation is 1. The number of quaternary nitrogens is 1. The summed E-state index contributed by atoms with van der Waals surface area (Å²) in [5.41, 5.74) is 2.68. The summed E-state index contributed by atoms with van der Waals surface area (Å²) in [5.74, 6) is 0. The average Bonchev–Trinajstić information content (AvgIpc) is 2.67. The highest BCUT2D eigenvalue weighted by Gasteiger charge is 2.18. The number of ether oxygens (including phenoxy) is 1. The fourth-order valence-corrected chi connectivity index (χ4v) is 3.77. The molecule has 2 heterocycles. The summed E-state index contributed by atoms with van der Waals surface area (Å²) >= 11 is 5.57. The molecule has 1 aromatic heterocycles. The highest BCUT2D eigenvalue weighted by atomic mass is 32.1. The third kappa shape index (κ3) is 5.06. The number of hydrogen-bond donors (Lipinski definition) is 3. The summed E-state index contributed by atoms with van der Waals surface area (Å²) < 4.78 is 5.44. The van der Waals surface area contributed by atoms with Crippen molar-refractivity contribution >= 4 is 28.2 Å². The molecule has 0 amide bonds. The van der Waals surface area contributed by atoms with E-state index in [2.05, 4.69) is 15.2 Å². The molecule has 0 radical (unpaired) electrons. The van der Waals surface area contributed by atoms with Crippen molar-refractivity contribution < 1.29 is 9.64 Å². The molecule has 0 aliphatic carbocycles. The van der Waals surface area contributed by atoms with Crippen LogP contribution in [0, 0.1) is 6.92 Å². The fraction of sp³-hybridized carbons (Fsp3) is 0.500. The maximum Gasteiger partial charge on any atom is 0.253 e. The zero-order valence-electron chi connectivity index (χ0n) is 16.1. The predicted molar refractivity (Wildman–Crippen MR) is 112 cm³/mol. The van der Waals surface area contributed by atoms with Crippen LogP contribution >= 0.6 is 12.2 Å². The van der Waals surface area contributed by atoms with E-state index < -0.39 is 0 Å². The molecule has 0 bridgehead atoms. The zero-order valence-corrected chi connectivity index (χ0v) is 17.0. The number of nitrogens with one attached hydrogen (secondary N) is 3. The number of H-pyrrole nitrogens is 1. The molecule has 0 atom stereocenters. The first-order valence-electron chi connectivity index (χ1n) is 9.64. The van der Waals surface area contributed by atoms with Crippen LogP contribution in [0.2, 0.25) is 0 Å². The van der Waals surface area contributed by atoms with Crippen LogP contribution in [0.25, 0.3) is 10.9 Å². The van der Waals surface area contributed by atoms with Gasteiger partial charge < -0.3 is 24.8 Å². The number of fused-ring (bicyclic) bond motifs is 1. The lowest BCUT2D eigenvalue weighted by atomic mass is 10.1. The SMILES string of the molecule is CCNC(=S)N(CC[NH+]1CCOCC1)Cc1cc2cccc(C)c2[nH]c1=O. The van der Waals surface area contributed by atoms with Gasteiger partial charge in [-0.25, -0.2) is 0 Å². The largest absolute Gasteiger partial charge is 0.370 e. The number of morpholine rings is 1. The molecular weight excluding hydrogens is 360 g/mol. The van der Waals surface area contributed by atoms with E-state index >= 15 is 0 Å². The lowest BCUT2D eigenvalue weighted by Gasteiger charge is -2.29. The number of benzene rings is 1. The molecular formula is C20H29N4O2S+. The second-order valence-electron chi connectivity index (χ2n) is 7.03. The fourth-order valence-electron chi connectivity index (χ4n) is 3.47. The summed E-state index contributed by atoms with van der Waals surface area (Å²) in [5, 5.41) is 4.99. The van der Waals surface area contributed by atoms with E-state index in [1.165, 1.54) is 4.90 Å². The average molecular weight is 390 g/mol. The Bertz CT molecular complexity index is 845. The van der Waals surface area contributed by atoms with Crippen LogP contribution in [0.5, 0.6) is 0 Å². The Balaban J connectivity index is 1.78. The molecule has 3 N–H and O–H groups in total. The minimum Gasteiger partial charge on any atom is -0.370 e. The Morgan fingerprint density at radius 2 is 2.15 bits per heavy atom. The maximum absolute atomic E-state index is 12.6. The molecule has 2 aromatic rings. The minimum atomic E-state index is -0.0418. The first kappa shape index (κ1) is 19.8. The summed E-state index contributed by atoms with van der Waals surface area (Å²) in [4.78, 5) is 19.3. The van der Waals surface area contributed by atoms with Crippen molar-refractivity contribution in [1.82, 2.24) is 15.2 Å². The first-order valence-corrected chi connectivity index (χ1v) is 10.0. The zero-order chi connectivity index (χ0) is 19.2. The van der Waals surface area contributed by atoms with Gasteiger partial charge in [0.15, 0.2) is 5.11 Å². The molecule has 6 nitrogen and oxygen atoms in total. The molecule has 0 saturated carbocycles. The van der Waals surface area contributed by atoms with Gasteiger partial charge in [-0.2, -0.15) is 0 Å². The summed E-state index contributed by atoms with van der Waals surface area (Å²) in [6.07, 6.45) is 0. The summed E-state index contributed by atoms with van der Waals surface area (Å²) in [6.45, 7) is 10.8. The topological polar surface area (TPSA) is 61.8 Å². The number of hydrogen-bond acceptors (Lipinski definition) is 3. The second kappa shape index (κ2) is 9.30. The molecule has 3 rings (SSSR count). The van der Waals surface area contributed by atoms with Crippen molar-refractivity contribution in [3.63, 3.8) is 0 Å². The van der Waals surface area contributed by atoms with E-state index in [-0.39, 0.29) is 5.56 Å². The number of nitrogens with zero attached hydrogens (tertiary/aromatic N) is 1. The van der Waals surface area contributed by atoms with Gasteiger partial charge in [-0.05, 0) is 43.1 Å². The molecule has 7 heteroatoms. The number of thiocarbonyl (C=S) groups is 1. The smallest absolute Gasteiger partial charge is 0.253 e. The van der Waals surface area contributed by atoms with Gasteiger partial charge in [-0.3, -0.25) is 4.79 Å². The van der Waals surface area contributed by atoms with Gasteiger partial charge in [0, 0.05) is 12.1 Å². The van der Waals surface area contributed by atoms with Gasteiger partial charge in [-0.15, -0.1) is 0 Å². The van der Waals surface area contributed by atoms with E-state index in [1.54, 1.807) is 0 Å². The van der Waals surface area contributed by atoms with Crippen LogP contribution in [-0.2, 0) is 11.3 Å². The Morgan fingerprint density at radius 1 is 1.37 bits per heavy atom. The van der Waals surface area contributed by atoms with Crippen molar-refractivity contribution in [2.75, 3.05) is 45.9 Å². The van der Waals surface area contributed by atoms with Crippen molar-refractivity contribution in [2.45, 2.75) is 20.4 Å². The highest BCUT2D eigenvalue weighted by Crippen LogP contribution is 2.15. The molecule has 1 aromatic carbocycles. The Kier molecular flexibility index (Phi) is 6.82. The highest BCUT2D eigenvalue weighted by molar-refractivity contribution is 7.80. The van der Waals surface area contributed by atoms with E-state index in [0.717, 1.165) is 68.0 Å². The molecule has 1 aliphatic heterocycles. The standard InChI is InChI=1S/C20H28N4O2S/c1-3-21-20(27)24(8-7-23-9-11-26-12-10-23)14-17-13-16-6-4-5-15(2)18(16)22-19(17)25/h4-6,13H,3,7-12,14H2,1-2H3,(H,21,27)(H,22,25)/p+1. The molecule has 1 aliphatic rings. The molecule has 146 valence electrons. The molecule has 27 heavy (non-hydrogen) atoms. The Morgan fingerprint density at radius 3 is 2.89 bits per heavy atom. The summed E-state index contributed by atoms with van der Waals surface area (Å²) in [6, 6.07) is 8.05. The van der Waals surface area contributed by atoms with Crippen LogP contribution in [0.3, 0.4) is 0 Å². The predicted octanol–water partition coefficient (Wildman–Crippen LogP) is 0.448. The second-order valence-corrected chi connectivity index (χ2v) is 7.42. The molecule has 0 unspecified atom stereocenters.